The second-order valence-corrected chi connectivity index (χ2v) is 12.7. The molecule has 3 rings (SSSR count). The number of nitrogens with one attached hydrogen (secondary N) is 1. The Labute approximate surface area is 250 Å². The minimum atomic E-state index is 0.0461. The van der Waals surface area contributed by atoms with Crippen LogP contribution in [0.3, 0.4) is 0 Å². The summed E-state index contributed by atoms with van der Waals surface area (Å²) < 4.78 is 2.35. The van der Waals surface area contributed by atoms with Crippen LogP contribution in [0.1, 0.15) is 146 Å². The molecule has 1 aromatic carbocycles. The van der Waals surface area contributed by atoms with Crippen LogP contribution in [0.5, 0.6) is 0 Å². The molecule has 1 fully saturated rings. The van der Waals surface area contributed by atoms with Gasteiger partial charge in [-0.2, -0.15) is 0 Å². The molecule has 1 aliphatic rings. The minimum absolute atomic E-state index is 0.0461. The average Bonchev–Trinajstić information content (AvgIpc) is 3.52. The SMILES string of the molecule is Cc1nnc(C(C)C)n1C(C)CC1CCC(C)N1CCC(NC(=O)CCCCCCCCCCN)c1ccccc1. The predicted octanol–water partition coefficient (Wildman–Crippen LogP) is 7.23. The molecule has 0 bridgehead atoms. The lowest BCUT2D eigenvalue weighted by molar-refractivity contribution is -0.122. The smallest absolute Gasteiger partial charge is 0.220 e. The summed E-state index contributed by atoms with van der Waals surface area (Å²) in [5.74, 6) is 2.64. The van der Waals surface area contributed by atoms with E-state index in [1.807, 2.05) is 0 Å². The molecule has 7 nitrogen and oxygen atoms in total. The van der Waals surface area contributed by atoms with Crippen LogP contribution in [-0.2, 0) is 4.79 Å². The Hall–Kier alpha value is -2.25. The van der Waals surface area contributed by atoms with Crippen LogP contribution in [0.15, 0.2) is 30.3 Å². The summed E-state index contributed by atoms with van der Waals surface area (Å²) >= 11 is 0. The van der Waals surface area contributed by atoms with Crippen molar-refractivity contribution in [2.24, 2.45) is 5.73 Å². The van der Waals surface area contributed by atoms with Crippen molar-refractivity contribution in [3.8, 4) is 0 Å². The van der Waals surface area contributed by atoms with E-state index in [1.165, 1.54) is 50.5 Å². The van der Waals surface area contributed by atoms with Crippen molar-refractivity contribution in [3.05, 3.63) is 47.5 Å². The Morgan fingerprint density at radius 2 is 1.63 bits per heavy atom. The van der Waals surface area contributed by atoms with Gasteiger partial charge in [-0.05, 0) is 71.4 Å². The number of amides is 1. The van der Waals surface area contributed by atoms with E-state index in [-0.39, 0.29) is 11.9 Å². The zero-order valence-corrected chi connectivity index (χ0v) is 26.7. The van der Waals surface area contributed by atoms with Crippen molar-refractivity contribution in [2.75, 3.05) is 13.1 Å². The highest BCUT2D eigenvalue weighted by molar-refractivity contribution is 5.76. The maximum Gasteiger partial charge on any atom is 0.220 e. The molecular formula is C34H58N6O. The highest BCUT2D eigenvalue weighted by Crippen LogP contribution is 2.32. The van der Waals surface area contributed by atoms with Crippen LogP contribution in [0.4, 0.5) is 0 Å². The molecule has 1 aliphatic heterocycles. The van der Waals surface area contributed by atoms with Crippen LogP contribution >= 0.6 is 0 Å². The molecule has 1 saturated heterocycles. The molecule has 0 spiro atoms. The van der Waals surface area contributed by atoms with Crippen LogP contribution in [0, 0.1) is 6.92 Å². The summed E-state index contributed by atoms with van der Waals surface area (Å²) in [7, 11) is 0. The molecule has 4 unspecified atom stereocenters. The summed E-state index contributed by atoms with van der Waals surface area (Å²) in [6, 6.07) is 12.0. The van der Waals surface area contributed by atoms with Gasteiger partial charge in [-0.3, -0.25) is 9.69 Å². The van der Waals surface area contributed by atoms with E-state index >= 15 is 0 Å². The fourth-order valence-corrected chi connectivity index (χ4v) is 6.65. The quantitative estimate of drug-likeness (QED) is 0.175. The van der Waals surface area contributed by atoms with E-state index in [1.54, 1.807) is 0 Å². The lowest BCUT2D eigenvalue weighted by Crippen LogP contribution is -2.39. The largest absolute Gasteiger partial charge is 0.349 e. The van der Waals surface area contributed by atoms with Crippen LogP contribution in [0.2, 0.25) is 0 Å². The second-order valence-electron chi connectivity index (χ2n) is 12.7. The number of hydrogen-bond acceptors (Lipinski definition) is 5. The summed E-state index contributed by atoms with van der Waals surface area (Å²) in [5.41, 5.74) is 6.78. The highest BCUT2D eigenvalue weighted by Gasteiger charge is 2.33. The van der Waals surface area contributed by atoms with Gasteiger partial charge in [0.25, 0.3) is 0 Å². The molecule has 3 N–H and O–H groups in total. The minimum Gasteiger partial charge on any atom is -0.349 e. The van der Waals surface area contributed by atoms with E-state index in [4.69, 9.17) is 5.73 Å². The number of carbonyl (C=O) groups is 1. The fourth-order valence-electron chi connectivity index (χ4n) is 6.65. The second kappa shape index (κ2) is 17.6. The van der Waals surface area contributed by atoms with Gasteiger partial charge in [-0.25, -0.2) is 0 Å². The lowest BCUT2D eigenvalue weighted by atomic mass is 10.0. The number of likely N-dealkylation sites (tertiary alicyclic amines) is 1. The summed E-state index contributed by atoms with van der Waals surface area (Å²) in [4.78, 5) is 15.7. The molecule has 2 heterocycles. The van der Waals surface area contributed by atoms with Crippen LogP contribution in [0.25, 0.3) is 0 Å². The van der Waals surface area contributed by atoms with E-state index < -0.39 is 0 Å². The van der Waals surface area contributed by atoms with Crippen molar-refractivity contribution >= 4 is 5.91 Å². The maximum atomic E-state index is 13.0. The van der Waals surface area contributed by atoms with Crippen molar-refractivity contribution < 1.29 is 4.79 Å². The van der Waals surface area contributed by atoms with Crippen molar-refractivity contribution in [2.45, 2.75) is 148 Å². The lowest BCUT2D eigenvalue weighted by Gasteiger charge is -2.32. The van der Waals surface area contributed by atoms with Gasteiger partial charge < -0.3 is 15.6 Å². The molecule has 0 aliphatic carbocycles. The Kier molecular flexibility index (Phi) is 14.3. The highest BCUT2D eigenvalue weighted by atomic mass is 16.1. The van der Waals surface area contributed by atoms with Gasteiger partial charge in [0.1, 0.15) is 11.6 Å². The number of benzene rings is 1. The Morgan fingerprint density at radius 3 is 2.29 bits per heavy atom. The molecule has 230 valence electrons. The van der Waals surface area contributed by atoms with Crippen LogP contribution in [-0.4, -0.2) is 50.7 Å². The first-order valence-electron chi connectivity index (χ1n) is 16.5. The van der Waals surface area contributed by atoms with E-state index in [0.717, 1.165) is 56.8 Å². The predicted molar refractivity (Wildman–Crippen MR) is 170 cm³/mol. The van der Waals surface area contributed by atoms with E-state index in [9.17, 15) is 4.79 Å². The van der Waals surface area contributed by atoms with Gasteiger partial charge in [0.2, 0.25) is 5.91 Å². The standard InChI is InChI=1S/C34H58N6O/c1-26(2)34-38-37-29(5)40(34)28(4)25-31-21-20-27(3)39(31)24-22-32(30-17-13-12-14-18-30)36-33(41)19-15-10-8-6-7-9-11-16-23-35/h12-14,17-18,26-28,31-32H,6-11,15-16,19-25,35H2,1-5H3,(H,36,41). The number of nitrogens with two attached hydrogens (primary N) is 1. The van der Waals surface area contributed by atoms with Gasteiger partial charge in [0, 0.05) is 37.0 Å². The number of unbranched alkanes of at least 4 members (excludes halogenated alkanes) is 7. The Morgan fingerprint density at radius 1 is 0.976 bits per heavy atom. The van der Waals surface area contributed by atoms with Gasteiger partial charge in [-0.15, -0.1) is 10.2 Å². The Balaban J connectivity index is 1.52. The topological polar surface area (TPSA) is 89.1 Å². The molecule has 0 saturated carbocycles. The van der Waals surface area contributed by atoms with Crippen molar-refractivity contribution in [1.82, 2.24) is 25.0 Å². The first kappa shape index (κ1) is 33.3. The van der Waals surface area contributed by atoms with Gasteiger partial charge in [-0.1, -0.05) is 82.7 Å². The summed E-state index contributed by atoms with van der Waals surface area (Å²) in [6.45, 7) is 12.9. The van der Waals surface area contributed by atoms with Crippen molar-refractivity contribution in [1.29, 1.82) is 0 Å². The number of aromatic nitrogens is 3. The first-order chi connectivity index (χ1) is 19.8. The maximum absolute atomic E-state index is 13.0. The average molecular weight is 567 g/mol. The van der Waals surface area contributed by atoms with Gasteiger partial charge >= 0.3 is 0 Å². The molecule has 41 heavy (non-hydrogen) atoms. The molecule has 2 aromatic rings. The third-order valence-electron chi connectivity index (χ3n) is 8.99. The fraction of sp³-hybridized carbons (Fsp3) is 0.735. The normalized spacial score (nSPS) is 19.1. The number of aryl methyl sites for hydroxylation is 1. The summed E-state index contributed by atoms with van der Waals surface area (Å²) in [6.07, 6.45) is 14.6. The molecule has 1 aromatic heterocycles. The monoisotopic (exact) mass is 566 g/mol. The number of nitrogens with zero attached hydrogens (tertiary/aromatic N) is 4. The molecular weight excluding hydrogens is 508 g/mol. The first-order valence-corrected chi connectivity index (χ1v) is 16.5. The number of carbonyl (C=O) groups excluding carboxylic acids is 1. The molecule has 7 heteroatoms. The molecule has 0 radical (unpaired) electrons. The molecule has 4 atom stereocenters. The zero-order chi connectivity index (χ0) is 29.6. The molecule has 1 amide bonds. The van der Waals surface area contributed by atoms with Crippen LogP contribution < -0.4 is 11.1 Å². The van der Waals surface area contributed by atoms with E-state index in [2.05, 4.69) is 89.9 Å². The number of rotatable bonds is 19. The van der Waals surface area contributed by atoms with Crippen molar-refractivity contribution in [3.63, 3.8) is 0 Å². The third kappa shape index (κ3) is 10.5. The summed E-state index contributed by atoms with van der Waals surface area (Å²) in [5, 5.41) is 12.3. The number of hydrogen-bond donors (Lipinski definition) is 2. The zero-order valence-electron chi connectivity index (χ0n) is 26.7. The van der Waals surface area contributed by atoms with Gasteiger partial charge in [0.15, 0.2) is 0 Å². The van der Waals surface area contributed by atoms with Gasteiger partial charge in [0.05, 0.1) is 6.04 Å². The van der Waals surface area contributed by atoms with E-state index in [0.29, 0.717) is 30.5 Å². The third-order valence-corrected chi connectivity index (χ3v) is 8.99. The Bertz CT molecular complexity index is 1010.